The van der Waals surface area contributed by atoms with Crippen molar-refractivity contribution in [1.82, 2.24) is 4.90 Å². The van der Waals surface area contributed by atoms with Crippen LogP contribution in [0.3, 0.4) is 0 Å². The summed E-state index contributed by atoms with van der Waals surface area (Å²) in [4.78, 5) is 14.5. The lowest BCUT2D eigenvalue weighted by Gasteiger charge is -2.31. The molecule has 1 heterocycles. The number of rotatable bonds is 4. The fraction of sp³-hybridized carbons (Fsp3) is 0.316. The van der Waals surface area contributed by atoms with Gasteiger partial charge in [-0.05, 0) is 50.2 Å². The van der Waals surface area contributed by atoms with E-state index in [9.17, 15) is 13.6 Å². The Labute approximate surface area is 154 Å². The van der Waals surface area contributed by atoms with E-state index in [0.29, 0.717) is 29.4 Å². The predicted octanol–water partition coefficient (Wildman–Crippen LogP) is 4.58. The number of benzene rings is 2. The predicted molar refractivity (Wildman–Crippen MR) is 97.1 cm³/mol. The maximum atomic E-state index is 13.8. The molecule has 1 saturated heterocycles. The van der Waals surface area contributed by atoms with E-state index in [2.05, 4.69) is 26.1 Å². The maximum absolute atomic E-state index is 13.8. The molecule has 0 radical (unpaired) electrons. The smallest absolute Gasteiger partial charge is 0.227 e. The van der Waals surface area contributed by atoms with Gasteiger partial charge < -0.3 is 5.32 Å². The lowest BCUT2D eigenvalue weighted by atomic mass is 9.95. The second-order valence-electron chi connectivity index (χ2n) is 6.26. The summed E-state index contributed by atoms with van der Waals surface area (Å²) < 4.78 is 28.2. The van der Waals surface area contributed by atoms with Crippen molar-refractivity contribution in [1.29, 1.82) is 0 Å². The van der Waals surface area contributed by atoms with Crippen LogP contribution in [0.4, 0.5) is 14.5 Å². The van der Waals surface area contributed by atoms with Crippen molar-refractivity contribution >= 4 is 27.5 Å². The average Bonchev–Trinajstić information content (AvgIpc) is 2.60. The van der Waals surface area contributed by atoms with Crippen molar-refractivity contribution in [3.8, 4) is 0 Å². The van der Waals surface area contributed by atoms with Gasteiger partial charge in [0.25, 0.3) is 0 Å². The number of carbonyl (C=O) groups is 1. The minimum atomic E-state index is -0.459. The van der Waals surface area contributed by atoms with Crippen molar-refractivity contribution in [2.24, 2.45) is 5.92 Å². The van der Waals surface area contributed by atoms with Gasteiger partial charge in [0.2, 0.25) is 5.91 Å². The largest absolute Gasteiger partial charge is 0.323 e. The van der Waals surface area contributed by atoms with Crippen LogP contribution in [0.15, 0.2) is 46.9 Å². The highest BCUT2D eigenvalue weighted by atomic mass is 79.9. The Kier molecular flexibility index (Phi) is 5.81. The van der Waals surface area contributed by atoms with Gasteiger partial charge in [-0.2, -0.15) is 0 Å². The van der Waals surface area contributed by atoms with Gasteiger partial charge in [-0.1, -0.05) is 34.1 Å². The van der Waals surface area contributed by atoms with Gasteiger partial charge in [0.15, 0.2) is 0 Å². The van der Waals surface area contributed by atoms with Crippen LogP contribution in [0.5, 0.6) is 0 Å². The normalized spacial score (nSPS) is 16.0. The van der Waals surface area contributed by atoms with E-state index in [1.807, 2.05) is 6.07 Å². The molecule has 6 heteroatoms. The second-order valence-corrected chi connectivity index (χ2v) is 7.17. The molecule has 0 bridgehead atoms. The highest BCUT2D eigenvalue weighted by Crippen LogP contribution is 2.24. The number of likely N-dealkylation sites (tertiary alicyclic amines) is 1. The van der Waals surface area contributed by atoms with Gasteiger partial charge in [-0.3, -0.25) is 9.69 Å². The number of piperidine rings is 1. The summed E-state index contributed by atoms with van der Waals surface area (Å²) in [5, 5.41) is 2.67. The Hall–Kier alpha value is -1.79. The fourth-order valence-electron chi connectivity index (χ4n) is 3.05. The van der Waals surface area contributed by atoms with E-state index in [1.54, 1.807) is 24.3 Å². The van der Waals surface area contributed by atoms with Crippen LogP contribution in [-0.4, -0.2) is 23.9 Å². The van der Waals surface area contributed by atoms with Gasteiger partial charge in [-0.15, -0.1) is 0 Å². The minimum Gasteiger partial charge on any atom is -0.323 e. The molecule has 3 nitrogen and oxygen atoms in total. The van der Waals surface area contributed by atoms with Gasteiger partial charge >= 0.3 is 0 Å². The molecule has 3 rings (SSSR count). The Balaban J connectivity index is 1.53. The number of anilines is 1. The lowest BCUT2D eigenvalue weighted by Crippen LogP contribution is -2.38. The van der Waals surface area contributed by atoms with E-state index in [4.69, 9.17) is 0 Å². The van der Waals surface area contributed by atoms with Crippen molar-refractivity contribution in [3.63, 3.8) is 0 Å². The molecule has 0 aliphatic carbocycles. The molecule has 25 heavy (non-hydrogen) atoms. The average molecular weight is 409 g/mol. The van der Waals surface area contributed by atoms with Crippen LogP contribution < -0.4 is 5.32 Å². The van der Waals surface area contributed by atoms with Gasteiger partial charge in [0.05, 0.1) is 5.69 Å². The molecule has 1 amide bonds. The summed E-state index contributed by atoms with van der Waals surface area (Å²) in [5.41, 5.74) is 0.865. The number of hydrogen-bond donors (Lipinski definition) is 1. The quantitative estimate of drug-likeness (QED) is 0.802. The number of nitrogens with one attached hydrogen (secondary N) is 1. The Bertz CT molecular complexity index is 761. The van der Waals surface area contributed by atoms with Crippen molar-refractivity contribution in [3.05, 3.63) is 64.1 Å². The van der Waals surface area contributed by atoms with Crippen LogP contribution in [0.2, 0.25) is 0 Å². The molecule has 132 valence electrons. The van der Waals surface area contributed by atoms with E-state index >= 15 is 0 Å². The third-order valence-electron chi connectivity index (χ3n) is 4.50. The SMILES string of the molecule is O=C(Nc1ccc(Br)cc1F)C1CCN(Cc2ccccc2F)CC1. The summed E-state index contributed by atoms with van der Waals surface area (Å²) >= 11 is 3.19. The monoisotopic (exact) mass is 408 g/mol. The van der Waals surface area contributed by atoms with Crippen LogP contribution >= 0.6 is 15.9 Å². The van der Waals surface area contributed by atoms with Crippen LogP contribution in [0.25, 0.3) is 0 Å². The lowest BCUT2D eigenvalue weighted by molar-refractivity contribution is -0.121. The topological polar surface area (TPSA) is 32.3 Å². The Morgan fingerprint density at radius 1 is 1.12 bits per heavy atom. The zero-order chi connectivity index (χ0) is 17.8. The van der Waals surface area contributed by atoms with Crippen LogP contribution in [-0.2, 0) is 11.3 Å². The summed E-state index contributed by atoms with van der Waals surface area (Å²) in [5.74, 6) is -0.973. The minimum absolute atomic E-state index is 0.153. The molecule has 0 atom stereocenters. The first kappa shape index (κ1) is 18.0. The van der Waals surface area contributed by atoms with E-state index in [0.717, 1.165) is 13.1 Å². The number of halogens is 3. The molecule has 2 aromatic rings. The third kappa shape index (κ3) is 4.64. The molecule has 1 fully saturated rings. The molecular formula is C19H19BrF2N2O. The van der Waals surface area contributed by atoms with Gasteiger partial charge in [-0.25, -0.2) is 8.78 Å². The summed E-state index contributed by atoms with van der Waals surface area (Å²) in [6.45, 7) is 1.98. The molecule has 0 unspecified atom stereocenters. The highest BCUT2D eigenvalue weighted by molar-refractivity contribution is 9.10. The Morgan fingerprint density at radius 3 is 2.52 bits per heavy atom. The van der Waals surface area contributed by atoms with Crippen molar-refractivity contribution in [2.45, 2.75) is 19.4 Å². The molecule has 1 aliphatic heterocycles. The standard InChI is InChI=1S/C19H19BrF2N2O/c20-15-5-6-18(17(22)11-15)23-19(25)13-7-9-24(10-8-13)12-14-3-1-2-4-16(14)21/h1-6,11,13H,7-10,12H2,(H,23,25). The second kappa shape index (κ2) is 8.06. The first-order valence-electron chi connectivity index (χ1n) is 8.24. The van der Waals surface area contributed by atoms with E-state index < -0.39 is 5.82 Å². The highest BCUT2D eigenvalue weighted by Gasteiger charge is 2.26. The molecule has 0 aromatic heterocycles. The van der Waals surface area contributed by atoms with Crippen LogP contribution in [0.1, 0.15) is 18.4 Å². The number of nitrogens with zero attached hydrogens (tertiary/aromatic N) is 1. The van der Waals surface area contributed by atoms with Gasteiger partial charge in [0, 0.05) is 22.5 Å². The number of carbonyl (C=O) groups excluding carboxylic acids is 1. The zero-order valence-corrected chi connectivity index (χ0v) is 15.2. The molecule has 1 N–H and O–H groups in total. The van der Waals surface area contributed by atoms with Crippen molar-refractivity contribution in [2.75, 3.05) is 18.4 Å². The molecule has 2 aromatic carbocycles. The summed E-state index contributed by atoms with van der Waals surface area (Å²) in [6, 6.07) is 11.3. The molecule has 0 saturated carbocycles. The summed E-state index contributed by atoms with van der Waals surface area (Å²) in [7, 11) is 0. The number of amides is 1. The van der Waals surface area contributed by atoms with Gasteiger partial charge in [0.1, 0.15) is 11.6 Å². The van der Waals surface area contributed by atoms with Crippen LogP contribution in [0, 0.1) is 17.6 Å². The summed E-state index contributed by atoms with van der Waals surface area (Å²) in [6.07, 6.45) is 1.36. The molecular weight excluding hydrogens is 390 g/mol. The van der Waals surface area contributed by atoms with Crippen molar-refractivity contribution < 1.29 is 13.6 Å². The molecule has 1 aliphatic rings. The maximum Gasteiger partial charge on any atom is 0.227 e. The fourth-order valence-corrected chi connectivity index (χ4v) is 3.38. The molecule has 0 spiro atoms. The first-order valence-corrected chi connectivity index (χ1v) is 9.04. The van der Waals surface area contributed by atoms with E-state index in [-0.39, 0.29) is 23.3 Å². The zero-order valence-electron chi connectivity index (χ0n) is 13.6. The Morgan fingerprint density at radius 2 is 1.84 bits per heavy atom. The third-order valence-corrected chi connectivity index (χ3v) is 4.99. The van der Waals surface area contributed by atoms with E-state index in [1.165, 1.54) is 12.1 Å². The number of hydrogen-bond acceptors (Lipinski definition) is 2. The first-order chi connectivity index (χ1) is 12.0.